The van der Waals surface area contributed by atoms with E-state index >= 15 is 0 Å². The zero-order chi connectivity index (χ0) is 19.4. The van der Waals surface area contributed by atoms with Gasteiger partial charge in [0.15, 0.2) is 0 Å². The van der Waals surface area contributed by atoms with E-state index in [-0.39, 0.29) is 17.6 Å². The maximum Gasteiger partial charge on any atom is 0.255 e. The lowest BCUT2D eigenvalue weighted by molar-refractivity contribution is 0.0929. The Morgan fingerprint density at radius 3 is 2.56 bits per heavy atom. The third-order valence-electron chi connectivity index (χ3n) is 3.92. The molecular weight excluding hydrogens is 353 g/mol. The second kappa shape index (κ2) is 7.86. The fourth-order valence-electron chi connectivity index (χ4n) is 2.45. The molecule has 0 saturated carbocycles. The number of nitrogens with zero attached hydrogens (tertiary/aromatic N) is 2. The highest BCUT2D eigenvalue weighted by Crippen LogP contribution is 2.25. The maximum atomic E-state index is 13.0. The number of carbonyl (C=O) groups excluding carboxylic acids is 1. The highest BCUT2D eigenvalue weighted by molar-refractivity contribution is 5.97. The van der Waals surface area contributed by atoms with Crippen molar-refractivity contribution in [2.24, 2.45) is 0 Å². The Bertz CT molecular complexity index is 940. The zero-order valence-corrected chi connectivity index (χ0v) is 15.0. The highest BCUT2D eigenvalue weighted by atomic mass is 19.1. The van der Waals surface area contributed by atoms with Gasteiger partial charge in [-0.1, -0.05) is 5.16 Å². The number of ether oxygens (including phenoxy) is 2. The van der Waals surface area contributed by atoms with Gasteiger partial charge >= 0.3 is 0 Å². The average Bonchev–Trinajstić information content (AvgIpc) is 3.18. The van der Waals surface area contributed by atoms with Crippen molar-refractivity contribution >= 4 is 5.91 Å². The van der Waals surface area contributed by atoms with Crippen LogP contribution in [0.3, 0.4) is 0 Å². The summed E-state index contributed by atoms with van der Waals surface area (Å²) in [5, 5.41) is 6.66. The van der Waals surface area contributed by atoms with Crippen molar-refractivity contribution in [3.63, 3.8) is 0 Å². The fourth-order valence-corrected chi connectivity index (χ4v) is 2.45. The molecule has 27 heavy (non-hydrogen) atoms. The first-order valence-corrected chi connectivity index (χ1v) is 8.14. The number of benzene rings is 2. The molecule has 0 fully saturated rings. The van der Waals surface area contributed by atoms with Crippen LogP contribution in [0.5, 0.6) is 11.5 Å². The number of methoxy groups -OCH3 is 2. The minimum atomic E-state index is -0.536. The van der Waals surface area contributed by atoms with Crippen molar-refractivity contribution in [1.29, 1.82) is 0 Å². The molecule has 3 rings (SSSR count). The van der Waals surface area contributed by atoms with E-state index in [0.717, 1.165) is 0 Å². The van der Waals surface area contributed by atoms with Crippen LogP contribution in [0.2, 0.25) is 0 Å². The van der Waals surface area contributed by atoms with Crippen LogP contribution in [0.25, 0.3) is 11.4 Å². The van der Waals surface area contributed by atoms with Crippen LogP contribution < -0.4 is 14.8 Å². The van der Waals surface area contributed by atoms with Gasteiger partial charge in [-0.3, -0.25) is 4.79 Å². The molecule has 1 atom stereocenters. The summed E-state index contributed by atoms with van der Waals surface area (Å²) in [7, 11) is 3.01. The Morgan fingerprint density at radius 1 is 1.15 bits per heavy atom. The molecule has 0 aliphatic heterocycles. The van der Waals surface area contributed by atoms with Gasteiger partial charge in [0.1, 0.15) is 23.4 Å². The summed E-state index contributed by atoms with van der Waals surface area (Å²) in [6, 6.07) is 10.1. The van der Waals surface area contributed by atoms with Gasteiger partial charge in [0, 0.05) is 11.6 Å². The summed E-state index contributed by atoms with van der Waals surface area (Å²) in [4.78, 5) is 16.8. The molecule has 1 N–H and O–H groups in total. The molecule has 0 spiro atoms. The number of nitrogens with one attached hydrogen (secondary N) is 1. The maximum absolute atomic E-state index is 13.0. The summed E-state index contributed by atoms with van der Waals surface area (Å²) in [6.45, 7) is 1.72. The Hall–Kier alpha value is -3.42. The van der Waals surface area contributed by atoms with Crippen LogP contribution in [0, 0.1) is 5.82 Å². The van der Waals surface area contributed by atoms with Crippen molar-refractivity contribution in [1.82, 2.24) is 15.5 Å². The van der Waals surface area contributed by atoms with Crippen LogP contribution in [0.1, 0.15) is 29.2 Å². The third kappa shape index (κ3) is 4.05. The standard InChI is InChI=1S/C19H18FN3O4/c1-11(19-22-17(23-27-19)12-4-6-13(20)7-5-12)21-18(24)15-9-8-14(25-2)10-16(15)26-3/h4-11H,1-3H3,(H,21,24). The first-order chi connectivity index (χ1) is 13.0. The van der Waals surface area contributed by atoms with Crippen molar-refractivity contribution < 1.29 is 23.2 Å². The molecule has 1 amide bonds. The SMILES string of the molecule is COc1ccc(C(=O)NC(C)c2nc(-c3ccc(F)cc3)no2)c(OC)c1. The summed E-state index contributed by atoms with van der Waals surface area (Å²) >= 11 is 0. The number of hydrogen-bond donors (Lipinski definition) is 1. The van der Waals surface area contributed by atoms with E-state index < -0.39 is 6.04 Å². The van der Waals surface area contributed by atoms with Gasteiger partial charge in [-0.05, 0) is 43.3 Å². The van der Waals surface area contributed by atoms with E-state index in [1.165, 1.54) is 26.4 Å². The molecule has 7 nitrogen and oxygen atoms in total. The molecule has 8 heteroatoms. The predicted octanol–water partition coefficient (Wildman–Crippen LogP) is 3.38. The minimum absolute atomic E-state index is 0.232. The number of carbonyl (C=O) groups is 1. The molecule has 3 aromatic rings. The number of amides is 1. The van der Waals surface area contributed by atoms with Crippen molar-refractivity contribution in [2.75, 3.05) is 14.2 Å². The second-order valence-electron chi connectivity index (χ2n) is 5.72. The van der Waals surface area contributed by atoms with Crippen LogP contribution in [0.15, 0.2) is 47.0 Å². The summed E-state index contributed by atoms with van der Waals surface area (Å²) < 4.78 is 28.6. The number of halogens is 1. The summed E-state index contributed by atoms with van der Waals surface area (Å²) in [5.74, 6) is 0.803. The van der Waals surface area contributed by atoms with Crippen LogP contribution in [0.4, 0.5) is 4.39 Å². The van der Waals surface area contributed by atoms with E-state index in [9.17, 15) is 9.18 Å². The van der Waals surface area contributed by atoms with Crippen LogP contribution >= 0.6 is 0 Å². The van der Waals surface area contributed by atoms with Crippen LogP contribution in [-0.2, 0) is 0 Å². The molecule has 0 bridgehead atoms. The molecule has 0 saturated heterocycles. The van der Waals surface area contributed by atoms with E-state index in [0.29, 0.717) is 28.5 Å². The lowest BCUT2D eigenvalue weighted by atomic mass is 10.1. The first-order valence-electron chi connectivity index (χ1n) is 8.14. The number of hydrogen-bond acceptors (Lipinski definition) is 6. The Kier molecular flexibility index (Phi) is 5.35. The molecule has 140 valence electrons. The van der Waals surface area contributed by atoms with Gasteiger partial charge in [0.05, 0.1) is 19.8 Å². The van der Waals surface area contributed by atoms with Gasteiger partial charge in [-0.15, -0.1) is 0 Å². The second-order valence-corrected chi connectivity index (χ2v) is 5.72. The summed E-state index contributed by atoms with van der Waals surface area (Å²) in [5.41, 5.74) is 0.963. The smallest absolute Gasteiger partial charge is 0.255 e. The monoisotopic (exact) mass is 371 g/mol. The number of aromatic nitrogens is 2. The van der Waals surface area contributed by atoms with E-state index in [4.69, 9.17) is 14.0 Å². The Balaban J connectivity index is 1.75. The molecule has 0 radical (unpaired) electrons. The normalized spacial score (nSPS) is 11.7. The van der Waals surface area contributed by atoms with Gasteiger partial charge in [0.25, 0.3) is 5.91 Å². The lowest BCUT2D eigenvalue weighted by Crippen LogP contribution is -2.27. The van der Waals surface area contributed by atoms with Gasteiger partial charge in [-0.25, -0.2) is 4.39 Å². The fraction of sp³-hybridized carbons (Fsp3) is 0.211. The van der Waals surface area contributed by atoms with Crippen molar-refractivity contribution in [3.8, 4) is 22.9 Å². The van der Waals surface area contributed by atoms with E-state index in [1.54, 1.807) is 37.3 Å². The van der Waals surface area contributed by atoms with Crippen molar-refractivity contribution in [2.45, 2.75) is 13.0 Å². The molecule has 1 aromatic heterocycles. The minimum Gasteiger partial charge on any atom is -0.497 e. The van der Waals surface area contributed by atoms with Gasteiger partial charge in [0.2, 0.25) is 11.7 Å². The molecule has 2 aromatic carbocycles. The Morgan fingerprint density at radius 2 is 1.89 bits per heavy atom. The highest BCUT2D eigenvalue weighted by Gasteiger charge is 2.20. The third-order valence-corrected chi connectivity index (χ3v) is 3.92. The molecule has 1 unspecified atom stereocenters. The Labute approximate surface area is 155 Å². The quantitative estimate of drug-likeness (QED) is 0.715. The van der Waals surface area contributed by atoms with E-state index in [1.807, 2.05) is 0 Å². The molecular formula is C19H18FN3O4. The molecule has 1 heterocycles. The zero-order valence-electron chi connectivity index (χ0n) is 15.0. The number of rotatable bonds is 6. The van der Waals surface area contributed by atoms with Crippen LogP contribution in [-0.4, -0.2) is 30.3 Å². The van der Waals surface area contributed by atoms with E-state index in [2.05, 4.69) is 15.5 Å². The topological polar surface area (TPSA) is 86.5 Å². The lowest BCUT2D eigenvalue weighted by Gasteiger charge is -2.13. The van der Waals surface area contributed by atoms with Gasteiger partial charge in [-0.2, -0.15) is 4.98 Å². The molecule has 0 aliphatic rings. The average molecular weight is 371 g/mol. The molecule has 0 aliphatic carbocycles. The summed E-state index contributed by atoms with van der Waals surface area (Å²) in [6.07, 6.45) is 0. The van der Waals surface area contributed by atoms with Crippen molar-refractivity contribution in [3.05, 3.63) is 59.7 Å². The largest absolute Gasteiger partial charge is 0.497 e. The predicted molar refractivity (Wildman–Crippen MR) is 95.1 cm³/mol. The van der Waals surface area contributed by atoms with Gasteiger partial charge < -0.3 is 19.3 Å². The first kappa shape index (κ1) is 18.4.